The Balaban J connectivity index is 3.23. The van der Waals surface area contributed by atoms with E-state index in [2.05, 4.69) is 26.8 Å². The average Bonchev–Trinajstić information content (AvgIpc) is 2.05. The summed E-state index contributed by atoms with van der Waals surface area (Å²) in [5, 5.41) is 0.454. The zero-order valence-electron chi connectivity index (χ0n) is 5.64. The van der Waals surface area contributed by atoms with Crippen molar-refractivity contribution in [1.82, 2.24) is 4.98 Å². The lowest BCUT2D eigenvalue weighted by Gasteiger charge is -1.98. The molecule has 0 aromatic carbocycles. The summed E-state index contributed by atoms with van der Waals surface area (Å²) in [7, 11) is 0. The van der Waals surface area contributed by atoms with Gasteiger partial charge in [0.2, 0.25) is 0 Å². The summed E-state index contributed by atoms with van der Waals surface area (Å²) >= 11 is 3.14. The van der Waals surface area contributed by atoms with Crippen molar-refractivity contribution in [2.24, 2.45) is 0 Å². The Labute approximate surface area is 72.8 Å². The molecule has 1 aromatic heterocycles. The van der Waals surface area contributed by atoms with Crippen molar-refractivity contribution in [1.29, 1.82) is 0 Å². The molecule has 0 aliphatic rings. The summed E-state index contributed by atoms with van der Waals surface area (Å²) in [5.74, 6) is 1.75. The molecule has 0 unspecified atom stereocenters. The van der Waals surface area contributed by atoms with E-state index in [9.17, 15) is 4.39 Å². The molecule has 0 radical (unpaired) electrons. The van der Waals surface area contributed by atoms with Crippen molar-refractivity contribution in [2.75, 3.05) is 0 Å². The Morgan fingerprint density at radius 2 is 2.45 bits per heavy atom. The Morgan fingerprint density at radius 3 is 3.00 bits per heavy atom. The third-order valence-electron chi connectivity index (χ3n) is 1.25. The van der Waals surface area contributed by atoms with Crippen LogP contribution in [0.4, 0.5) is 4.39 Å². The van der Waals surface area contributed by atoms with Gasteiger partial charge in [0, 0.05) is 17.1 Å². The molecule has 0 N–H and O–H groups in total. The van der Waals surface area contributed by atoms with Crippen LogP contribution in [-0.2, 0) is 5.33 Å². The molecule has 1 rings (SSSR count). The molecule has 0 amide bonds. The first-order valence-corrected chi connectivity index (χ1v) is 4.07. The number of nitrogens with zero attached hydrogens (tertiary/aromatic N) is 1. The smallest absolute Gasteiger partial charge is 0.161 e. The van der Waals surface area contributed by atoms with Crippen LogP contribution in [0.5, 0.6) is 0 Å². The van der Waals surface area contributed by atoms with Gasteiger partial charge in [-0.05, 0) is 12.0 Å². The minimum Gasteiger partial charge on any atom is -0.245 e. The lowest BCUT2D eigenvalue weighted by molar-refractivity contribution is 0.607. The molecule has 0 bridgehead atoms. The predicted octanol–water partition coefficient (Wildman–Crippen LogP) is 2.10. The third kappa shape index (κ3) is 1.58. The number of pyridine rings is 1. The van der Waals surface area contributed by atoms with Crippen molar-refractivity contribution < 1.29 is 4.39 Å². The van der Waals surface area contributed by atoms with E-state index in [1.165, 1.54) is 6.20 Å². The second-order valence-corrected chi connectivity index (χ2v) is 2.47. The Bertz CT molecular complexity index is 303. The maximum absolute atomic E-state index is 13.0. The molecule has 0 fully saturated rings. The number of alkyl halides is 1. The fraction of sp³-hybridized carbons (Fsp3) is 0.125. The van der Waals surface area contributed by atoms with E-state index < -0.39 is 5.82 Å². The lowest BCUT2D eigenvalue weighted by Crippen LogP contribution is -1.93. The minimum absolute atomic E-state index is 0.0713. The maximum atomic E-state index is 13.0. The Kier molecular flexibility index (Phi) is 2.61. The van der Waals surface area contributed by atoms with Gasteiger partial charge in [0.25, 0.3) is 0 Å². The van der Waals surface area contributed by atoms with Crippen molar-refractivity contribution >= 4 is 15.9 Å². The number of rotatable bonds is 1. The molecule has 1 nitrogen and oxygen atoms in total. The van der Waals surface area contributed by atoms with Crippen LogP contribution < -0.4 is 0 Å². The number of terminal acetylenes is 1. The molecule has 0 spiro atoms. The van der Waals surface area contributed by atoms with E-state index in [4.69, 9.17) is 6.42 Å². The Hall–Kier alpha value is -0.880. The van der Waals surface area contributed by atoms with E-state index in [-0.39, 0.29) is 5.69 Å². The molecular weight excluding hydrogens is 209 g/mol. The topological polar surface area (TPSA) is 12.9 Å². The standard InChI is InChI=1S/C8H5BrFN/c1-2-7-8(10)6(5-9)3-4-11-7/h1,3-4H,5H2. The monoisotopic (exact) mass is 213 g/mol. The molecule has 0 saturated heterocycles. The Morgan fingerprint density at radius 1 is 1.73 bits per heavy atom. The van der Waals surface area contributed by atoms with Gasteiger partial charge in [-0.3, -0.25) is 0 Å². The molecule has 11 heavy (non-hydrogen) atoms. The van der Waals surface area contributed by atoms with Gasteiger partial charge in [0.05, 0.1) is 0 Å². The van der Waals surface area contributed by atoms with Crippen LogP contribution in [0, 0.1) is 18.2 Å². The normalized spacial score (nSPS) is 9.18. The summed E-state index contributed by atoms with van der Waals surface area (Å²) in [5.41, 5.74) is 0.606. The van der Waals surface area contributed by atoms with Gasteiger partial charge < -0.3 is 0 Å². The van der Waals surface area contributed by atoms with Crippen LogP contribution in [0.2, 0.25) is 0 Å². The van der Waals surface area contributed by atoms with Crippen molar-refractivity contribution in [3.8, 4) is 12.3 Å². The largest absolute Gasteiger partial charge is 0.245 e. The minimum atomic E-state index is -0.410. The van der Waals surface area contributed by atoms with Crippen molar-refractivity contribution in [3.05, 3.63) is 29.3 Å². The van der Waals surface area contributed by atoms with E-state index in [0.29, 0.717) is 10.9 Å². The van der Waals surface area contributed by atoms with E-state index in [1.807, 2.05) is 0 Å². The van der Waals surface area contributed by atoms with E-state index in [1.54, 1.807) is 6.07 Å². The first-order valence-electron chi connectivity index (χ1n) is 2.95. The second kappa shape index (κ2) is 3.49. The van der Waals surface area contributed by atoms with Crippen LogP contribution in [0.1, 0.15) is 11.3 Å². The highest BCUT2D eigenvalue weighted by atomic mass is 79.9. The highest BCUT2D eigenvalue weighted by Gasteiger charge is 2.04. The molecule has 1 heterocycles. The van der Waals surface area contributed by atoms with Crippen LogP contribution in [0.15, 0.2) is 12.3 Å². The van der Waals surface area contributed by atoms with Gasteiger partial charge in [-0.1, -0.05) is 15.9 Å². The third-order valence-corrected chi connectivity index (χ3v) is 1.85. The van der Waals surface area contributed by atoms with Gasteiger partial charge in [0.1, 0.15) is 5.69 Å². The summed E-state index contributed by atoms with van der Waals surface area (Å²) in [4.78, 5) is 3.67. The first-order chi connectivity index (χ1) is 5.29. The lowest BCUT2D eigenvalue weighted by atomic mass is 10.2. The molecule has 3 heteroatoms. The molecule has 0 atom stereocenters. The van der Waals surface area contributed by atoms with Gasteiger partial charge in [-0.2, -0.15) is 0 Å². The summed E-state index contributed by atoms with van der Waals surface area (Å²) in [6, 6.07) is 1.59. The molecule has 0 saturated carbocycles. The zero-order chi connectivity index (χ0) is 8.27. The molecule has 0 aliphatic heterocycles. The fourth-order valence-corrected chi connectivity index (χ4v) is 1.12. The number of hydrogen-bond acceptors (Lipinski definition) is 1. The summed E-state index contributed by atoms with van der Waals surface area (Å²) < 4.78 is 13.0. The van der Waals surface area contributed by atoms with Crippen LogP contribution in [0.25, 0.3) is 0 Å². The first kappa shape index (κ1) is 8.22. The van der Waals surface area contributed by atoms with E-state index >= 15 is 0 Å². The van der Waals surface area contributed by atoms with Crippen molar-refractivity contribution in [3.63, 3.8) is 0 Å². The van der Waals surface area contributed by atoms with Crippen LogP contribution in [0.3, 0.4) is 0 Å². The van der Waals surface area contributed by atoms with E-state index in [0.717, 1.165) is 0 Å². The van der Waals surface area contributed by atoms with Crippen LogP contribution in [-0.4, -0.2) is 4.98 Å². The fourth-order valence-electron chi connectivity index (χ4n) is 0.688. The van der Waals surface area contributed by atoms with Gasteiger partial charge in [-0.25, -0.2) is 9.37 Å². The maximum Gasteiger partial charge on any atom is 0.161 e. The number of hydrogen-bond donors (Lipinski definition) is 0. The van der Waals surface area contributed by atoms with Crippen molar-refractivity contribution in [2.45, 2.75) is 5.33 Å². The molecule has 0 aliphatic carbocycles. The predicted molar refractivity (Wildman–Crippen MR) is 44.8 cm³/mol. The highest BCUT2D eigenvalue weighted by Crippen LogP contribution is 2.12. The van der Waals surface area contributed by atoms with Gasteiger partial charge in [-0.15, -0.1) is 6.42 Å². The SMILES string of the molecule is C#Cc1nccc(CBr)c1F. The van der Waals surface area contributed by atoms with Gasteiger partial charge in [0.15, 0.2) is 5.82 Å². The number of aromatic nitrogens is 1. The molecular formula is C8H5BrFN. The molecule has 56 valence electrons. The highest BCUT2D eigenvalue weighted by molar-refractivity contribution is 9.08. The summed E-state index contributed by atoms with van der Waals surface area (Å²) in [6.45, 7) is 0. The quantitative estimate of drug-likeness (QED) is 0.515. The van der Waals surface area contributed by atoms with Gasteiger partial charge >= 0.3 is 0 Å². The number of halogens is 2. The summed E-state index contributed by atoms with van der Waals surface area (Å²) in [6.07, 6.45) is 6.50. The second-order valence-electron chi connectivity index (χ2n) is 1.91. The average molecular weight is 214 g/mol. The van der Waals surface area contributed by atoms with Crippen LogP contribution >= 0.6 is 15.9 Å². The molecule has 1 aromatic rings. The zero-order valence-corrected chi connectivity index (χ0v) is 7.23.